The van der Waals surface area contributed by atoms with Gasteiger partial charge in [0.1, 0.15) is 5.54 Å². The molecule has 0 bridgehead atoms. The van der Waals surface area contributed by atoms with E-state index in [2.05, 4.69) is 5.32 Å². The monoisotopic (exact) mass is 250 g/mol. The largest absolute Gasteiger partial charge is 0.324 e. The Morgan fingerprint density at radius 1 is 1.35 bits per heavy atom. The Bertz CT molecular complexity index is 514. The fraction of sp³-hybridized carbons (Fsp3) is 0.333. The third-order valence-electron chi connectivity index (χ3n) is 3.55. The summed E-state index contributed by atoms with van der Waals surface area (Å²) >= 11 is 5.82. The zero-order valence-electron chi connectivity index (χ0n) is 9.24. The lowest BCUT2D eigenvalue weighted by atomic mass is 10.1. The number of hydrogen-bond donors (Lipinski definition) is 1. The molecular weight excluding hydrogens is 240 g/mol. The van der Waals surface area contributed by atoms with Crippen molar-refractivity contribution in [2.24, 2.45) is 0 Å². The van der Waals surface area contributed by atoms with Gasteiger partial charge in [-0.05, 0) is 24.1 Å². The van der Waals surface area contributed by atoms with Crippen molar-refractivity contribution in [1.82, 2.24) is 10.2 Å². The molecular formula is C12H11ClN2O2. The lowest BCUT2D eigenvalue weighted by molar-refractivity contribution is -0.127. The summed E-state index contributed by atoms with van der Waals surface area (Å²) in [5.41, 5.74) is 0.345. The predicted molar refractivity (Wildman–Crippen MR) is 62.8 cm³/mol. The Kier molecular flexibility index (Phi) is 2.01. The summed E-state index contributed by atoms with van der Waals surface area (Å²) in [5.74, 6) is -0.0661. The number of halogens is 1. The quantitative estimate of drug-likeness (QED) is 0.772. The number of urea groups is 1. The van der Waals surface area contributed by atoms with E-state index in [4.69, 9.17) is 11.6 Å². The van der Waals surface area contributed by atoms with Crippen LogP contribution in [0.25, 0.3) is 0 Å². The molecule has 1 saturated carbocycles. The molecule has 3 rings (SSSR count). The van der Waals surface area contributed by atoms with Gasteiger partial charge in [0.2, 0.25) is 0 Å². The zero-order valence-corrected chi connectivity index (χ0v) is 9.99. The second-order valence-electron chi connectivity index (χ2n) is 4.57. The molecule has 4 nitrogen and oxygen atoms in total. The van der Waals surface area contributed by atoms with Crippen LogP contribution in [0.15, 0.2) is 24.3 Å². The topological polar surface area (TPSA) is 49.4 Å². The Morgan fingerprint density at radius 3 is 2.53 bits per heavy atom. The van der Waals surface area contributed by atoms with Crippen molar-refractivity contribution >= 4 is 23.5 Å². The summed E-state index contributed by atoms with van der Waals surface area (Å²) in [4.78, 5) is 24.6. The number of hydrogen-bond acceptors (Lipinski definition) is 2. The first-order valence-electron chi connectivity index (χ1n) is 5.40. The summed E-state index contributed by atoms with van der Waals surface area (Å²) in [6.45, 7) is 0. The van der Waals surface area contributed by atoms with Gasteiger partial charge in [0.05, 0.1) is 0 Å². The maximum atomic E-state index is 12.0. The highest BCUT2D eigenvalue weighted by Crippen LogP contribution is 2.54. The molecule has 3 amide bonds. The predicted octanol–water partition coefficient (Wildman–Crippen LogP) is 1.75. The van der Waals surface area contributed by atoms with E-state index in [1.54, 1.807) is 12.1 Å². The van der Waals surface area contributed by atoms with Gasteiger partial charge in [-0.3, -0.25) is 9.69 Å². The van der Waals surface area contributed by atoms with Crippen LogP contribution in [0.2, 0.25) is 5.02 Å². The standard InChI is InChI=1S/C12H11ClN2O2/c1-15-10(16)12(14-11(15)17)6-9(12)7-2-4-8(13)5-3-7/h2-5,9H,6H2,1H3,(H,14,17). The van der Waals surface area contributed by atoms with Gasteiger partial charge in [-0.2, -0.15) is 0 Å². The van der Waals surface area contributed by atoms with Gasteiger partial charge in [0.15, 0.2) is 0 Å². The van der Waals surface area contributed by atoms with E-state index in [0.29, 0.717) is 11.4 Å². The minimum Gasteiger partial charge on any atom is -0.322 e. The SMILES string of the molecule is CN1C(=O)NC2(CC2c2ccc(Cl)cc2)C1=O. The molecule has 2 aliphatic rings. The van der Waals surface area contributed by atoms with Crippen molar-refractivity contribution in [1.29, 1.82) is 0 Å². The van der Waals surface area contributed by atoms with Crippen LogP contribution < -0.4 is 5.32 Å². The summed E-state index contributed by atoms with van der Waals surface area (Å²) < 4.78 is 0. The molecule has 1 aliphatic heterocycles. The molecule has 1 saturated heterocycles. The fourth-order valence-electron chi connectivity index (χ4n) is 2.45. The Hall–Kier alpha value is -1.55. The van der Waals surface area contributed by atoms with Crippen molar-refractivity contribution in [3.8, 4) is 0 Å². The maximum absolute atomic E-state index is 12.0. The number of nitrogens with one attached hydrogen (secondary N) is 1. The molecule has 1 N–H and O–H groups in total. The molecule has 0 aromatic heterocycles. The number of likely N-dealkylation sites (N-methyl/N-ethyl adjacent to an activating group) is 1. The molecule has 0 radical (unpaired) electrons. The van der Waals surface area contributed by atoms with Crippen LogP contribution >= 0.6 is 11.6 Å². The van der Waals surface area contributed by atoms with Crippen LogP contribution in [0.4, 0.5) is 4.79 Å². The molecule has 88 valence electrons. The van der Waals surface area contributed by atoms with Crippen LogP contribution in [-0.2, 0) is 4.79 Å². The van der Waals surface area contributed by atoms with Crippen molar-refractivity contribution in [3.63, 3.8) is 0 Å². The number of benzene rings is 1. The van der Waals surface area contributed by atoms with Gasteiger partial charge in [0.25, 0.3) is 5.91 Å². The third kappa shape index (κ3) is 1.37. The van der Waals surface area contributed by atoms with E-state index in [1.165, 1.54) is 7.05 Å². The highest BCUT2D eigenvalue weighted by Gasteiger charge is 2.66. The van der Waals surface area contributed by atoms with Gasteiger partial charge in [-0.25, -0.2) is 4.79 Å². The van der Waals surface area contributed by atoms with Gasteiger partial charge < -0.3 is 5.32 Å². The van der Waals surface area contributed by atoms with Gasteiger partial charge in [0, 0.05) is 18.0 Å². The molecule has 1 aromatic carbocycles. The summed E-state index contributed by atoms with van der Waals surface area (Å²) in [7, 11) is 1.50. The lowest BCUT2D eigenvalue weighted by Gasteiger charge is -2.07. The van der Waals surface area contributed by atoms with E-state index in [1.807, 2.05) is 12.1 Å². The first-order chi connectivity index (χ1) is 8.04. The second-order valence-corrected chi connectivity index (χ2v) is 5.01. The summed E-state index contributed by atoms with van der Waals surface area (Å²) in [5, 5.41) is 3.44. The van der Waals surface area contributed by atoms with Crippen molar-refractivity contribution in [3.05, 3.63) is 34.9 Å². The lowest BCUT2D eigenvalue weighted by Crippen LogP contribution is -2.33. The van der Waals surface area contributed by atoms with Crippen molar-refractivity contribution in [2.75, 3.05) is 7.05 Å². The first-order valence-corrected chi connectivity index (χ1v) is 5.78. The number of imide groups is 1. The molecule has 17 heavy (non-hydrogen) atoms. The molecule has 1 aromatic rings. The number of carbonyl (C=O) groups excluding carboxylic acids is 2. The molecule has 2 unspecified atom stereocenters. The van der Waals surface area contributed by atoms with Crippen LogP contribution in [0.3, 0.4) is 0 Å². The number of amides is 3. The number of nitrogens with zero attached hydrogens (tertiary/aromatic N) is 1. The maximum Gasteiger partial charge on any atom is 0.324 e. The van der Waals surface area contributed by atoms with E-state index >= 15 is 0 Å². The minimum absolute atomic E-state index is 0.0705. The normalized spacial score (nSPS) is 30.9. The Balaban J connectivity index is 1.89. The fourth-order valence-corrected chi connectivity index (χ4v) is 2.58. The van der Waals surface area contributed by atoms with E-state index in [9.17, 15) is 9.59 Å². The first kappa shape index (κ1) is 10.6. The summed E-state index contributed by atoms with van der Waals surface area (Å²) in [6, 6.07) is 7.09. The van der Waals surface area contributed by atoms with Crippen molar-refractivity contribution < 1.29 is 9.59 Å². The van der Waals surface area contributed by atoms with Gasteiger partial charge in [-0.1, -0.05) is 23.7 Å². The van der Waals surface area contributed by atoms with Crippen LogP contribution in [-0.4, -0.2) is 29.4 Å². The summed E-state index contributed by atoms with van der Waals surface area (Å²) in [6.07, 6.45) is 0.670. The molecule has 1 aliphatic carbocycles. The Morgan fingerprint density at radius 2 is 2.00 bits per heavy atom. The van der Waals surface area contributed by atoms with Crippen LogP contribution in [0, 0.1) is 0 Å². The van der Waals surface area contributed by atoms with Gasteiger partial charge >= 0.3 is 6.03 Å². The van der Waals surface area contributed by atoms with Crippen LogP contribution in [0.5, 0.6) is 0 Å². The Labute approximate surface area is 104 Å². The highest BCUT2D eigenvalue weighted by molar-refractivity contribution is 6.30. The smallest absolute Gasteiger partial charge is 0.322 e. The van der Waals surface area contributed by atoms with Crippen molar-refractivity contribution in [2.45, 2.75) is 17.9 Å². The van der Waals surface area contributed by atoms with E-state index in [0.717, 1.165) is 10.5 Å². The molecule has 1 heterocycles. The van der Waals surface area contributed by atoms with E-state index in [-0.39, 0.29) is 17.9 Å². The molecule has 2 atom stereocenters. The van der Waals surface area contributed by atoms with E-state index < -0.39 is 5.54 Å². The third-order valence-corrected chi connectivity index (χ3v) is 3.81. The molecule has 5 heteroatoms. The van der Waals surface area contributed by atoms with Gasteiger partial charge in [-0.15, -0.1) is 0 Å². The molecule has 1 spiro atoms. The second kappa shape index (κ2) is 3.23. The molecule has 2 fully saturated rings. The highest BCUT2D eigenvalue weighted by atomic mass is 35.5. The van der Waals surface area contributed by atoms with Crippen LogP contribution in [0.1, 0.15) is 17.9 Å². The minimum atomic E-state index is -0.695. The zero-order chi connectivity index (χ0) is 12.2. The average molecular weight is 251 g/mol. The average Bonchev–Trinajstić information content (AvgIpc) is 2.99. The number of rotatable bonds is 1. The number of carbonyl (C=O) groups is 2.